The summed E-state index contributed by atoms with van der Waals surface area (Å²) in [5.74, 6) is 0.835. The second-order valence-corrected chi connectivity index (χ2v) is 7.59. The quantitative estimate of drug-likeness (QED) is 0.747. The summed E-state index contributed by atoms with van der Waals surface area (Å²) in [4.78, 5) is 14.4. The van der Waals surface area contributed by atoms with Gasteiger partial charge in [-0.05, 0) is 45.1 Å². The molecule has 1 saturated heterocycles. The molecule has 1 N–H and O–H groups in total. The van der Waals surface area contributed by atoms with Crippen molar-refractivity contribution in [1.29, 1.82) is 0 Å². The van der Waals surface area contributed by atoms with Gasteiger partial charge in [0.25, 0.3) is 0 Å². The maximum absolute atomic E-state index is 12.0. The van der Waals surface area contributed by atoms with Gasteiger partial charge in [-0.2, -0.15) is 5.10 Å². The van der Waals surface area contributed by atoms with Crippen LogP contribution in [0, 0.1) is 5.92 Å². The lowest BCUT2D eigenvalue weighted by Crippen LogP contribution is -2.40. The Balaban J connectivity index is 1.71. The van der Waals surface area contributed by atoms with Gasteiger partial charge in [-0.15, -0.1) is 0 Å². The number of hydrogen-bond acceptors (Lipinski definition) is 4. The first-order valence-corrected chi connectivity index (χ1v) is 8.59. The first kappa shape index (κ1) is 14.9. The van der Waals surface area contributed by atoms with Crippen molar-refractivity contribution >= 4 is 17.9 Å². The van der Waals surface area contributed by atoms with E-state index >= 15 is 0 Å². The van der Waals surface area contributed by atoms with Crippen molar-refractivity contribution in [3.05, 3.63) is 12.3 Å². The third-order valence-electron chi connectivity index (χ3n) is 4.62. The van der Waals surface area contributed by atoms with E-state index in [1.165, 1.54) is 31.2 Å². The van der Waals surface area contributed by atoms with Gasteiger partial charge >= 0.3 is 0 Å². The highest BCUT2D eigenvalue weighted by Gasteiger charge is 2.37. The van der Waals surface area contributed by atoms with Crippen LogP contribution < -0.4 is 4.72 Å². The molecule has 3 heterocycles. The maximum Gasteiger partial charge on any atom is 0.231 e. The lowest BCUT2D eigenvalue weighted by atomic mass is 9.93. The Morgan fingerprint density at radius 3 is 3.14 bits per heavy atom. The van der Waals surface area contributed by atoms with Crippen LogP contribution in [-0.2, 0) is 11.3 Å². The van der Waals surface area contributed by atoms with Gasteiger partial charge < -0.3 is 0 Å². The average molecular weight is 308 g/mol. The minimum absolute atomic E-state index is 0.0888. The van der Waals surface area contributed by atoms with Gasteiger partial charge in [0.15, 0.2) is 0 Å². The van der Waals surface area contributed by atoms with Crippen molar-refractivity contribution < 1.29 is 4.79 Å². The van der Waals surface area contributed by atoms with Gasteiger partial charge in [-0.25, -0.2) is 0 Å². The average Bonchev–Trinajstić information content (AvgIpc) is 2.98. The molecule has 3 rings (SSSR count). The number of hydrogen-bond donors (Lipinski definition) is 1. The maximum atomic E-state index is 12.0. The molecule has 1 amide bonds. The summed E-state index contributed by atoms with van der Waals surface area (Å²) in [5.41, 5.74) is 0.219. The number of carbonyl (C=O) groups excluding carboxylic acids is 1. The SMILES string of the molecule is CC1(C)CC2CCCn3ccc(n3)SNC(=O)CCN1C2. The molecule has 0 radical (unpaired) electrons. The summed E-state index contributed by atoms with van der Waals surface area (Å²) in [6, 6.07) is 1.96. The van der Waals surface area contributed by atoms with Gasteiger partial charge in [-0.1, -0.05) is 0 Å². The molecule has 0 aromatic carbocycles. The third kappa shape index (κ3) is 3.61. The third-order valence-corrected chi connectivity index (χ3v) is 5.37. The number of carbonyl (C=O) groups is 1. The van der Waals surface area contributed by atoms with E-state index < -0.39 is 0 Å². The zero-order valence-corrected chi connectivity index (χ0v) is 13.7. The van der Waals surface area contributed by atoms with Crippen LogP contribution in [0.4, 0.5) is 0 Å². The van der Waals surface area contributed by atoms with Crippen molar-refractivity contribution in [3.63, 3.8) is 0 Å². The number of fused-ring (bicyclic) bond motifs is 4. The fourth-order valence-electron chi connectivity index (χ4n) is 3.51. The van der Waals surface area contributed by atoms with E-state index in [-0.39, 0.29) is 11.4 Å². The van der Waals surface area contributed by atoms with E-state index in [4.69, 9.17) is 0 Å². The Kier molecular flexibility index (Phi) is 4.26. The van der Waals surface area contributed by atoms with Gasteiger partial charge in [0.2, 0.25) is 5.91 Å². The van der Waals surface area contributed by atoms with E-state index in [0.717, 1.165) is 30.6 Å². The highest BCUT2D eigenvalue weighted by molar-refractivity contribution is 7.97. The van der Waals surface area contributed by atoms with Crippen LogP contribution in [0.15, 0.2) is 17.3 Å². The molecule has 1 aromatic heterocycles. The Labute approximate surface area is 130 Å². The number of amides is 1. The van der Waals surface area contributed by atoms with E-state index in [1.807, 2.05) is 16.9 Å². The molecule has 6 heteroatoms. The van der Waals surface area contributed by atoms with Crippen molar-refractivity contribution in [1.82, 2.24) is 19.4 Å². The highest BCUT2D eigenvalue weighted by Crippen LogP contribution is 2.35. The second-order valence-electron chi connectivity index (χ2n) is 6.77. The number of nitrogens with zero attached hydrogens (tertiary/aromatic N) is 3. The Morgan fingerprint density at radius 1 is 1.43 bits per heavy atom. The molecule has 0 spiro atoms. The fourth-order valence-corrected chi connectivity index (χ4v) is 4.10. The predicted octanol–water partition coefficient (Wildman–Crippen LogP) is 2.29. The standard InChI is InChI=1S/C15H24N4OS/c1-15(2)10-12-4-3-7-19-9-6-14(16-19)21-17-13(20)5-8-18(15)11-12/h6,9,12H,3-5,7-8,10-11H2,1-2H3,(H,17,20). The molecule has 5 nitrogen and oxygen atoms in total. The predicted molar refractivity (Wildman–Crippen MR) is 83.8 cm³/mol. The smallest absolute Gasteiger partial charge is 0.231 e. The van der Waals surface area contributed by atoms with Crippen LogP contribution in [-0.4, -0.2) is 39.2 Å². The van der Waals surface area contributed by atoms with Crippen molar-refractivity contribution in [2.24, 2.45) is 5.92 Å². The lowest BCUT2D eigenvalue weighted by Gasteiger charge is -2.31. The first-order valence-electron chi connectivity index (χ1n) is 7.77. The van der Waals surface area contributed by atoms with E-state index in [1.54, 1.807) is 0 Å². The molecule has 1 fully saturated rings. The Morgan fingerprint density at radius 2 is 2.29 bits per heavy atom. The fraction of sp³-hybridized carbons (Fsp3) is 0.733. The molecule has 2 aliphatic rings. The van der Waals surface area contributed by atoms with Crippen molar-refractivity contribution in [2.45, 2.75) is 56.6 Å². The van der Waals surface area contributed by atoms with E-state index in [0.29, 0.717) is 6.42 Å². The summed E-state index contributed by atoms with van der Waals surface area (Å²) in [5, 5.41) is 5.34. The largest absolute Gasteiger partial charge is 0.297 e. The number of aromatic nitrogens is 2. The molecular formula is C15H24N4OS. The molecule has 4 bridgehead atoms. The summed E-state index contributed by atoms with van der Waals surface area (Å²) >= 11 is 1.32. The second kappa shape index (κ2) is 6.01. The molecule has 0 aliphatic carbocycles. The van der Waals surface area contributed by atoms with Crippen LogP contribution in [0.25, 0.3) is 0 Å². The van der Waals surface area contributed by atoms with Crippen molar-refractivity contribution in [3.8, 4) is 0 Å². The molecule has 0 saturated carbocycles. The van der Waals surface area contributed by atoms with Gasteiger partial charge in [0, 0.05) is 49.7 Å². The van der Waals surface area contributed by atoms with E-state index in [2.05, 4.69) is 28.6 Å². The molecule has 1 aromatic rings. The zero-order valence-electron chi connectivity index (χ0n) is 12.8. The van der Waals surface area contributed by atoms with E-state index in [9.17, 15) is 4.79 Å². The number of aryl methyl sites for hydroxylation is 1. The summed E-state index contributed by atoms with van der Waals surface area (Å²) in [7, 11) is 0. The summed E-state index contributed by atoms with van der Waals surface area (Å²) in [6.07, 6.45) is 6.21. The van der Waals surface area contributed by atoms with Crippen LogP contribution in [0.1, 0.15) is 39.5 Å². The first-order chi connectivity index (χ1) is 10.0. The number of nitrogens with one attached hydrogen (secondary N) is 1. The Bertz CT molecular complexity index is 514. The molecule has 2 aliphatic heterocycles. The van der Waals surface area contributed by atoms with Crippen LogP contribution in [0.3, 0.4) is 0 Å². The van der Waals surface area contributed by atoms with Crippen LogP contribution >= 0.6 is 11.9 Å². The van der Waals surface area contributed by atoms with Crippen molar-refractivity contribution in [2.75, 3.05) is 13.1 Å². The summed E-state index contributed by atoms with van der Waals surface area (Å²) < 4.78 is 4.88. The molecule has 2 atom stereocenters. The van der Waals surface area contributed by atoms with Crippen LogP contribution in [0.2, 0.25) is 0 Å². The molecule has 2 unspecified atom stereocenters. The minimum atomic E-state index is 0.0888. The molecule has 21 heavy (non-hydrogen) atoms. The normalized spacial score (nSPS) is 29.7. The molecule has 116 valence electrons. The van der Waals surface area contributed by atoms with Gasteiger partial charge in [0.05, 0.1) is 0 Å². The minimum Gasteiger partial charge on any atom is -0.297 e. The zero-order chi connectivity index (χ0) is 14.9. The van der Waals surface area contributed by atoms with Gasteiger partial charge in [-0.3, -0.25) is 19.1 Å². The van der Waals surface area contributed by atoms with Gasteiger partial charge in [0.1, 0.15) is 5.03 Å². The van der Waals surface area contributed by atoms with Crippen LogP contribution in [0.5, 0.6) is 0 Å². The Hall–Kier alpha value is -1.01. The summed E-state index contributed by atoms with van der Waals surface area (Å²) in [6.45, 7) is 7.54. The highest BCUT2D eigenvalue weighted by atomic mass is 32.2. The topological polar surface area (TPSA) is 50.2 Å². The molecular weight excluding hydrogens is 284 g/mol. The number of rotatable bonds is 0. The lowest BCUT2D eigenvalue weighted by molar-refractivity contribution is -0.119. The monoisotopic (exact) mass is 308 g/mol.